The Bertz CT molecular complexity index is 630. The molecule has 0 spiro atoms. The lowest BCUT2D eigenvalue weighted by molar-refractivity contribution is -0.114. The Kier molecular flexibility index (Phi) is 3.69. The van der Waals surface area contributed by atoms with Crippen LogP contribution < -0.4 is 10.6 Å². The Morgan fingerprint density at radius 2 is 1.86 bits per heavy atom. The molecular formula is C17H20N2O2. The highest BCUT2D eigenvalue weighted by molar-refractivity contribution is 5.88. The van der Waals surface area contributed by atoms with Crippen LogP contribution in [0.1, 0.15) is 37.7 Å². The summed E-state index contributed by atoms with van der Waals surface area (Å²) in [4.78, 5) is 11.0. The average molecular weight is 284 g/mol. The standard InChI is InChI=1S/C17H20N2O2/c1-11-9-16(11)17-8-7-15(21-17)10-18-13-3-5-14(6-4-13)19-12(2)20/h3-8,11,16,18H,9-10H2,1-2H3,(H,19,20). The second-order valence-electron chi connectivity index (χ2n) is 5.74. The van der Waals surface area contributed by atoms with E-state index in [4.69, 9.17) is 4.42 Å². The first-order valence-electron chi connectivity index (χ1n) is 7.32. The number of carbonyl (C=O) groups is 1. The van der Waals surface area contributed by atoms with E-state index >= 15 is 0 Å². The number of benzene rings is 1. The summed E-state index contributed by atoms with van der Waals surface area (Å²) in [6.07, 6.45) is 1.24. The molecular weight excluding hydrogens is 264 g/mol. The van der Waals surface area contributed by atoms with Gasteiger partial charge in [-0.2, -0.15) is 0 Å². The van der Waals surface area contributed by atoms with Crippen molar-refractivity contribution in [3.05, 3.63) is 47.9 Å². The van der Waals surface area contributed by atoms with E-state index in [9.17, 15) is 4.79 Å². The number of rotatable bonds is 5. The molecule has 1 aliphatic rings. The molecule has 0 aliphatic heterocycles. The summed E-state index contributed by atoms with van der Waals surface area (Å²) in [7, 11) is 0. The molecule has 1 aromatic heterocycles. The maximum absolute atomic E-state index is 11.0. The summed E-state index contributed by atoms with van der Waals surface area (Å²) in [5.41, 5.74) is 1.80. The Morgan fingerprint density at radius 3 is 2.48 bits per heavy atom. The van der Waals surface area contributed by atoms with Crippen molar-refractivity contribution >= 4 is 17.3 Å². The van der Waals surface area contributed by atoms with Crippen LogP contribution in [0.15, 0.2) is 40.8 Å². The lowest BCUT2D eigenvalue weighted by Crippen LogP contribution is -2.05. The van der Waals surface area contributed by atoms with Gasteiger partial charge >= 0.3 is 0 Å². The van der Waals surface area contributed by atoms with E-state index in [1.54, 1.807) is 0 Å². The van der Waals surface area contributed by atoms with E-state index in [1.165, 1.54) is 13.3 Å². The zero-order valence-corrected chi connectivity index (χ0v) is 12.3. The molecule has 21 heavy (non-hydrogen) atoms. The van der Waals surface area contributed by atoms with E-state index in [2.05, 4.69) is 23.6 Å². The molecule has 1 heterocycles. The van der Waals surface area contributed by atoms with Crippen LogP contribution in [-0.2, 0) is 11.3 Å². The van der Waals surface area contributed by atoms with Crippen molar-refractivity contribution in [2.24, 2.45) is 5.92 Å². The summed E-state index contributed by atoms with van der Waals surface area (Å²) in [5, 5.41) is 6.07. The van der Waals surface area contributed by atoms with Crippen molar-refractivity contribution in [1.82, 2.24) is 0 Å². The van der Waals surface area contributed by atoms with Gasteiger partial charge in [0.25, 0.3) is 0 Å². The third kappa shape index (κ3) is 3.45. The van der Waals surface area contributed by atoms with Gasteiger partial charge < -0.3 is 15.1 Å². The summed E-state index contributed by atoms with van der Waals surface area (Å²) in [6, 6.07) is 11.8. The van der Waals surface area contributed by atoms with Crippen LogP contribution in [-0.4, -0.2) is 5.91 Å². The van der Waals surface area contributed by atoms with Gasteiger partial charge in [0.15, 0.2) is 0 Å². The predicted molar refractivity (Wildman–Crippen MR) is 83.3 cm³/mol. The number of carbonyl (C=O) groups excluding carboxylic acids is 1. The van der Waals surface area contributed by atoms with E-state index < -0.39 is 0 Å². The van der Waals surface area contributed by atoms with Gasteiger partial charge in [0.2, 0.25) is 5.91 Å². The fourth-order valence-corrected chi connectivity index (χ4v) is 2.47. The summed E-state index contributed by atoms with van der Waals surface area (Å²) >= 11 is 0. The lowest BCUT2D eigenvalue weighted by atomic mass is 10.2. The van der Waals surface area contributed by atoms with Gasteiger partial charge in [-0.05, 0) is 48.7 Å². The third-order valence-electron chi connectivity index (χ3n) is 3.83. The van der Waals surface area contributed by atoms with Gasteiger partial charge in [0.1, 0.15) is 11.5 Å². The minimum Gasteiger partial charge on any atom is -0.464 e. The molecule has 2 aromatic rings. The second-order valence-corrected chi connectivity index (χ2v) is 5.74. The quantitative estimate of drug-likeness (QED) is 0.873. The highest BCUT2D eigenvalue weighted by Gasteiger charge is 2.36. The normalized spacial score (nSPS) is 20.1. The summed E-state index contributed by atoms with van der Waals surface area (Å²) < 4.78 is 5.86. The van der Waals surface area contributed by atoms with Crippen LogP contribution in [0, 0.1) is 5.92 Å². The first-order valence-corrected chi connectivity index (χ1v) is 7.32. The predicted octanol–water partition coefficient (Wildman–Crippen LogP) is 3.97. The van der Waals surface area contributed by atoms with E-state index in [1.807, 2.05) is 30.3 Å². The highest BCUT2D eigenvalue weighted by atomic mass is 16.3. The average Bonchev–Trinajstić information content (AvgIpc) is 3.00. The zero-order valence-electron chi connectivity index (χ0n) is 12.3. The van der Waals surface area contributed by atoms with Gasteiger partial charge in [0, 0.05) is 24.2 Å². The number of nitrogens with one attached hydrogen (secondary N) is 2. The molecule has 0 radical (unpaired) electrons. The van der Waals surface area contributed by atoms with E-state index in [-0.39, 0.29) is 5.91 Å². The molecule has 1 aliphatic carbocycles. The number of furan rings is 1. The highest BCUT2D eigenvalue weighted by Crippen LogP contribution is 2.47. The molecule has 1 aromatic carbocycles. The molecule has 2 N–H and O–H groups in total. The second kappa shape index (κ2) is 5.64. The van der Waals surface area contributed by atoms with Gasteiger partial charge in [-0.15, -0.1) is 0 Å². The molecule has 0 saturated heterocycles. The number of anilines is 2. The van der Waals surface area contributed by atoms with Gasteiger partial charge in [-0.25, -0.2) is 0 Å². The van der Waals surface area contributed by atoms with Crippen molar-refractivity contribution in [2.45, 2.75) is 32.7 Å². The molecule has 0 bridgehead atoms. The van der Waals surface area contributed by atoms with Crippen LogP contribution in [0.4, 0.5) is 11.4 Å². The number of hydrogen-bond acceptors (Lipinski definition) is 3. The molecule has 1 saturated carbocycles. The molecule has 1 amide bonds. The molecule has 2 unspecified atom stereocenters. The Hall–Kier alpha value is -2.23. The first kappa shape index (κ1) is 13.7. The monoisotopic (exact) mass is 284 g/mol. The van der Waals surface area contributed by atoms with E-state index in [0.717, 1.165) is 28.8 Å². The summed E-state index contributed by atoms with van der Waals surface area (Å²) in [5.74, 6) is 3.39. The third-order valence-corrected chi connectivity index (χ3v) is 3.83. The van der Waals surface area contributed by atoms with Crippen molar-refractivity contribution in [3.63, 3.8) is 0 Å². The zero-order chi connectivity index (χ0) is 14.8. The molecule has 1 fully saturated rings. The van der Waals surface area contributed by atoms with E-state index in [0.29, 0.717) is 12.5 Å². The fraction of sp³-hybridized carbons (Fsp3) is 0.353. The Morgan fingerprint density at radius 1 is 1.19 bits per heavy atom. The van der Waals surface area contributed by atoms with Gasteiger partial charge in [-0.3, -0.25) is 4.79 Å². The Balaban J connectivity index is 1.54. The van der Waals surface area contributed by atoms with Crippen LogP contribution >= 0.6 is 0 Å². The van der Waals surface area contributed by atoms with Crippen molar-refractivity contribution in [1.29, 1.82) is 0 Å². The smallest absolute Gasteiger partial charge is 0.221 e. The van der Waals surface area contributed by atoms with Crippen molar-refractivity contribution in [2.75, 3.05) is 10.6 Å². The minimum absolute atomic E-state index is 0.0619. The molecule has 4 heteroatoms. The van der Waals surface area contributed by atoms with Gasteiger partial charge in [-0.1, -0.05) is 6.92 Å². The maximum Gasteiger partial charge on any atom is 0.221 e. The lowest BCUT2D eigenvalue weighted by Gasteiger charge is -2.06. The van der Waals surface area contributed by atoms with Crippen molar-refractivity contribution in [3.8, 4) is 0 Å². The SMILES string of the molecule is CC(=O)Nc1ccc(NCc2ccc(C3CC3C)o2)cc1. The van der Waals surface area contributed by atoms with Gasteiger partial charge in [0.05, 0.1) is 6.54 Å². The molecule has 4 nitrogen and oxygen atoms in total. The molecule has 3 rings (SSSR count). The number of amides is 1. The van der Waals surface area contributed by atoms with Crippen LogP contribution in [0.25, 0.3) is 0 Å². The molecule has 2 atom stereocenters. The summed E-state index contributed by atoms with van der Waals surface area (Å²) in [6.45, 7) is 4.42. The van der Waals surface area contributed by atoms with Crippen LogP contribution in [0.5, 0.6) is 0 Å². The Labute approximate surface area is 124 Å². The van der Waals surface area contributed by atoms with Crippen molar-refractivity contribution < 1.29 is 9.21 Å². The molecule has 110 valence electrons. The largest absolute Gasteiger partial charge is 0.464 e. The minimum atomic E-state index is -0.0619. The number of hydrogen-bond donors (Lipinski definition) is 2. The van der Waals surface area contributed by atoms with Crippen LogP contribution in [0.3, 0.4) is 0 Å². The topological polar surface area (TPSA) is 54.3 Å². The first-order chi connectivity index (χ1) is 10.1. The fourth-order valence-electron chi connectivity index (χ4n) is 2.47. The maximum atomic E-state index is 11.0. The van der Waals surface area contributed by atoms with Crippen LogP contribution in [0.2, 0.25) is 0 Å².